The summed E-state index contributed by atoms with van der Waals surface area (Å²) in [5.41, 5.74) is 1.43. The van der Waals surface area contributed by atoms with Crippen LogP contribution in [-0.2, 0) is 6.54 Å². The quantitative estimate of drug-likeness (QED) is 0.802. The van der Waals surface area contributed by atoms with Crippen molar-refractivity contribution in [3.05, 3.63) is 23.9 Å². The monoisotopic (exact) mass is 267 g/mol. The molecule has 0 bridgehead atoms. The van der Waals surface area contributed by atoms with Crippen LogP contribution < -0.4 is 5.32 Å². The zero-order valence-electron chi connectivity index (χ0n) is 12.2. The summed E-state index contributed by atoms with van der Waals surface area (Å²) in [4.78, 5) is 6.68. The maximum atomic E-state index is 4.48. The molecule has 1 aromatic heterocycles. The average molecular weight is 267 g/mol. The molecule has 0 fully saturated rings. The van der Waals surface area contributed by atoms with Gasteiger partial charge in [0.1, 0.15) is 5.03 Å². The van der Waals surface area contributed by atoms with Crippen molar-refractivity contribution < 1.29 is 0 Å². The molecule has 3 nitrogen and oxygen atoms in total. The van der Waals surface area contributed by atoms with Crippen LogP contribution in [0.3, 0.4) is 0 Å². The van der Waals surface area contributed by atoms with Gasteiger partial charge in [0.15, 0.2) is 0 Å². The molecule has 0 aliphatic rings. The predicted octanol–water partition coefficient (Wildman–Crippen LogP) is 2.62. The van der Waals surface area contributed by atoms with Crippen molar-refractivity contribution in [2.24, 2.45) is 0 Å². The molecule has 0 amide bonds. The molecular formula is C14H25N3S. The number of nitrogens with zero attached hydrogens (tertiary/aromatic N) is 2. The Balaban J connectivity index is 2.56. The fourth-order valence-corrected chi connectivity index (χ4v) is 2.48. The van der Waals surface area contributed by atoms with Crippen LogP contribution in [0.15, 0.2) is 23.4 Å². The Hall–Kier alpha value is -0.580. The summed E-state index contributed by atoms with van der Waals surface area (Å²) in [7, 11) is 4.20. The molecule has 1 N–H and O–H groups in total. The van der Waals surface area contributed by atoms with Gasteiger partial charge in [-0.1, -0.05) is 6.07 Å². The maximum Gasteiger partial charge on any atom is 0.100 e. The molecule has 1 rings (SSSR count). The molecule has 0 aromatic carbocycles. The molecule has 102 valence electrons. The van der Waals surface area contributed by atoms with Crippen LogP contribution in [-0.4, -0.2) is 41.8 Å². The lowest BCUT2D eigenvalue weighted by atomic mass is 10.1. The van der Waals surface area contributed by atoms with Gasteiger partial charge in [0.2, 0.25) is 0 Å². The lowest BCUT2D eigenvalue weighted by Crippen LogP contribution is -2.35. The van der Waals surface area contributed by atoms with E-state index in [1.807, 2.05) is 24.0 Å². The van der Waals surface area contributed by atoms with E-state index < -0.39 is 0 Å². The van der Waals surface area contributed by atoms with Crippen LogP contribution in [0.4, 0.5) is 0 Å². The third-order valence-electron chi connectivity index (χ3n) is 2.44. The van der Waals surface area contributed by atoms with E-state index >= 15 is 0 Å². The highest BCUT2D eigenvalue weighted by molar-refractivity contribution is 7.99. The van der Waals surface area contributed by atoms with Crippen molar-refractivity contribution in [2.75, 3.05) is 26.4 Å². The Labute approximate surface area is 115 Å². The first-order valence-electron chi connectivity index (χ1n) is 6.35. The number of pyridine rings is 1. The van der Waals surface area contributed by atoms with Crippen molar-refractivity contribution in [1.82, 2.24) is 15.2 Å². The van der Waals surface area contributed by atoms with Crippen LogP contribution in [0.1, 0.15) is 26.3 Å². The Morgan fingerprint density at radius 2 is 2.06 bits per heavy atom. The standard InChI is InChI=1S/C14H25N3S/c1-14(2,3)16-11-12-7-6-8-15-13(12)18-10-9-17(4)5/h6-8,16H,9-11H2,1-5H3. The third-order valence-corrected chi connectivity index (χ3v) is 3.46. The van der Waals surface area contributed by atoms with Gasteiger partial charge in [-0.2, -0.15) is 0 Å². The minimum absolute atomic E-state index is 0.140. The van der Waals surface area contributed by atoms with Crippen LogP contribution in [0.5, 0.6) is 0 Å². The summed E-state index contributed by atoms with van der Waals surface area (Å²) in [6.07, 6.45) is 1.87. The van der Waals surface area contributed by atoms with Crippen LogP contribution in [0.2, 0.25) is 0 Å². The normalized spacial score (nSPS) is 12.1. The Morgan fingerprint density at radius 1 is 1.33 bits per heavy atom. The molecule has 0 spiro atoms. The lowest BCUT2D eigenvalue weighted by molar-refractivity contribution is 0.421. The maximum absolute atomic E-state index is 4.48. The summed E-state index contributed by atoms with van der Waals surface area (Å²) >= 11 is 1.83. The molecule has 0 saturated heterocycles. The summed E-state index contributed by atoms with van der Waals surface area (Å²) < 4.78 is 0. The number of aromatic nitrogens is 1. The van der Waals surface area contributed by atoms with Crippen molar-refractivity contribution in [3.63, 3.8) is 0 Å². The van der Waals surface area contributed by atoms with Gasteiger partial charge in [0.05, 0.1) is 0 Å². The fourth-order valence-electron chi connectivity index (χ4n) is 1.37. The van der Waals surface area contributed by atoms with Crippen molar-refractivity contribution >= 4 is 11.8 Å². The van der Waals surface area contributed by atoms with Crippen molar-refractivity contribution in [2.45, 2.75) is 37.9 Å². The van der Waals surface area contributed by atoms with Crippen LogP contribution in [0.25, 0.3) is 0 Å². The first-order valence-corrected chi connectivity index (χ1v) is 7.33. The highest BCUT2D eigenvalue weighted by Crippen LogP contribution is 2.20. The summed E-state index contributed by atoms with van der Waals surface area (Å²) in [6.45, 7) is 8.50. The van der Waals surface area contributed by atoms with Crippen LogP contribution >= 0.6 is 11.8 Å². The average Bonchev–Trinajstić information content (AvgIpc) is 2.26. The topological polar surface area (TPSA) is 28.2 Å². The van der Waals surface area contributed by atoms with Gasteiger partial charge in [0, 0.05) is 30.6 Å². The zero-order chi connectivity index (χ0) is 13.6. The van der Waals surface area contributed by atoms with Gasteiger partial charge in [-0.25, -0.2) is 4.98 Å². The molecule has 1 aromatic rings. The second-order valence-corrected chi connectivity index (χ2v) is 6.81. The molecular weight excluding hydrogens is 242 g/mol. The first-order chi connectivity index (χ1) is 8.38. The predicted molar refractivity (Wildman–Crippen MR) is 80.1 cm³/mol. The van der Waals surface area contributed by atoms with Crippen molar-refractivity contribution in [1.29, 1.82) is 0 Å². The largest absolute Gasteiger partial charge is 0.309 e. The number of hydrogen-bond donors (Lipinski definition) is 1. The fraction of sp³-hybridized carbons (Fsp3) is 0.643. The molecule has 1 heterocycles. The van der Waals surface area contributed by atoms with E-state index in [0.29, 0.717) is 0 Å². The second-order valence-electron chi connectivity index (χ2n) is 5.72. The van der Waals surface area contributed by atoms with E-state index in [2.05, 4.69) is 56.1 Å². The highest BCUT2D eigenvalue weighted by Gasteiger charge is 2.11. The van der Waals surface area contributed by atoms with E-state index in [1.54, 1.807) is 0 Å². The third kappa shape index (κ3) is 6.38. The summed E-state index contributed by atoms with van der Waals surface area (Å²) in [5, 5.41) is 4.66. The van der Waals surface area contributed by atoms with Gasteiger partial charge < -0.3 is 10.2 Å². The van der Waals surface area contributed by atoms with Gasteiger partial charge in [-0.3, -0.25) is 0 Å². The van der Waals surface area contributed by atoms with Gasteiger partial charge in [0.25, 0.3) is 0 Å². The smallest absolute Gasteiger partial charge is 0.100 e. The molecule has 18 heavy (non-hydrogen) atoms. The Bertz CT molecular complexity index is 358. The van der Waals surface area contributed by atoms with E-state index in [1.165, 1.54) is 5.56 Å². The van der Waals surface area contributed by atoms with Gasteiger partial charge >= 0.3 is 0 Å². The minimum atomic E-state index is 0.140. The molecule has 4 heteroatoms. The molecule has 0 aliphatic heterocycles. The van der Waals surface area contributed by atoms with Crippen molar-refractivity contribution in [3.8, 4) is 0 Å². The zero-order valence-corrected chi connectivity index (χ0v) is 13.0. The van der Waals surface area contributed by atoms with Gasteiger partial charge in [-0.15, -0.1) is 11.8 Å². The second kappa shape index (κ2) is 7.12. The number of nitrogens with one attached hydrogen (secondary N) is 1. The SMILES string of the molecule is CN(C)CCSc1ncccc1CNC(C)(C)C. The minimum Gasteiger partial charge on any atom is -0.309 e. The summed E-state index contributed by atoms with van der Waals surface area (Å²) in [5.74, 6) is 1.08. The summed E-state index contributed by atoms with van der Waals surface area (Å²) in [6, 6.07) is 4.17. The lowest BCUT2D eigenvalue weighted by Gasteiger charge is -2.21. The molecule has 0 saturated carbocycles. The van der Waals surface area contributed by atoms with E-state index in [0.717, 1.165) is 23.9 Å². The molecule has 0 unspecified atom stereocenters. The van der Waals surface area contributed by atoms with E-state index in [-0.39, 0.29) is 5.54 Å². The van der Waals surface area contributed by atoms with Crippen LogP contribution in [0, 0.1) is 0 Å². The molecule has 0 radical (unpaired) electrons. The first kappa shape index (κ1) is 15.5. The number of hydrogen-bond acceptors (Lipinski definition) is 4. The highest BCUT2D eigenvalue weighted by atomic mass is 32.2. The number of rotatable bonds is 6. The molecule has 0 aliphatic carbocycles. The Kier molecular flexibility index (Phi) is 6.12. The Morgan fingerprint density at radius 3 is 2.67 bits per heavy atom. The van der Waals surface area contributed by atoms with Gasteiger partial charge in [-0.05, 0) is 46.5 Å². The van der Waals surface area contributed by atoms with E-state index in [9.17, 15) is 0 Å². The molecule has 0 atom stereocenters. The number of thioether (sulfide) groups is 1. The van der Waals surface area contributed by atoms with E-state index in [4.69, 9.17) is 0 Å².